The first-order chi connectivity index (χ1) is 13.4. The van der Waals surface area contributed by atoms with Crippen LogP contribution in [0.1, 0.15) is 11.3 Å². The number of ether oxygens (including phenoxy) is 1. The van der Waals surface area contributed by atoms with Gasteiger partial charge in [0, 0.05) is 4.47 Å². The van der Waals surface area contributed by atoms with Crippen LogP contribution in [0.15, 0.2) is 57.5 Å². The van der Waals surface area contributed by atoms with Gasteiger partial charge in [0.05, 0.1) is 23.0 Å². The van der Waals surface area contributed by atoms with Crippen molar-refractivity contribution in [2.75, 3.05) is 0 Å². The Morgan fingerprint density at radius 3 is 2.86 bits per heavy atom. The second-order valence-electron chi connectivity index (χ2n) is 5.98. The molecule has 0 aliphatic heterocycles. The highest BCUT2D eigenvalue weighted by atomic mass is 79.9. The highest BCUT2D eigenvalue weighted by Gasteiger charge is 2.15. The largest absolute Gasteiger partial charge is 0.487 e. The minimum Gasteiger partial charge on any atom is -0.487 e. The Bertz CT molecular complexity index is 1250. The number of aromatic nitrogens is 4. The smallest absolute Gasteiger partial charge is 0.265 e. The minimum absolute atomic E-state index is 0.116. The summed E-state index contributed by atoms with van der Waals surface area (Å²) < 4.78 is 31.9. The summed E-state index contributed by atoms with van der Waals surface area (Å²) in [4.78, 5) is 4.01. The molecule has 0 aliphatic rings. The quantitative estimate of drug-likeness (QED) is 0.454. The van der Waals surface area contributed by atoms with Gasteiger partial charge in [-0.1, -0.05) is 33.3 Å². The number of nitrogens with two attached hydrogens (primary N) is 1. The molecule has 0 unspecified atom stereocenters. The maximum atomic E-state index is 11.4. The first kappa shape index (κ1) is 19.0. The number of primary sulfonamides is 1. The Kier molecular flexibility index (Phi) is 5.15. The van der Waals surface area contributed by atoms with Gasteiger partial charge in [-0.3, -0.25) is 0 Å². The summed E-state index contributed by atoms with van der Waals surface area (Å²) in [5.41, 5.74) is 2.35. The molecule has 4 rings (SSSR count). The zero-order valence-electron chi connectivity index (χ0n) is 14.3. The standard InChI is InChI=1S/C17H14BrN5O3S2/c18-12-3-1-2-11(6-12)8-23-9-13(21-22-23)10-26-14-4-5-15-16(7-14)27-17(20-15)28(19,24)25/h1-7,9H,8,10H2,(H2,19,24,25). The van der Waals surface area contributed by atoms with Gasteiger partial charge in [-0.25, -0.2) is 23.2 Å². The second-order valence-corrected chi connectivity index (χ2v) is 9.66. The van der Waals surface area contributed by atoms with E-state index in [1.165, 1.54) is 0 Å². The van der Waals surface area contributed by atoms with Crippen molar-refractivity contribution in [2.24, 2.45) is 5.14 Å². The third-order valence-electron chi connectivity index (χ3n) is 3.79. The molecule has 2 N–H and O–H groups in total. The number of hydrogen-bond acceptors (Lipinski definition) is 7. The molecule has 8 nitrogen and oxygen atoms in total. The molecule has 28 heavy (non-hydrogen) atoms. The van der Waals surface area contributed by atoms with E-state index in [1.54, 1.807) is 22.9 Å². The van der Waals surface area contributed by atoms with E-state index in [-0.39, 0.29) is 10.9 Å². The van der Waals surface area contributed by atoms with Crippen molar-refractivity contribution >= 4 is 47.5 Å². The molecule has 0 aliphatic carbocycles. The predicted molar refractivity (Wildman–Crippen MR) is 109 cm³/mol. The average molecular weight is 480 g/mol. The third kappa shape index (κ3) is 4.38. The number of sulfonamides is 1. The fourth-order valence-corrected chi connectivity index (χ4v) is 4.69. The van der Waals surface area contributed by atoms with E-state index in [1.807, 2.05) is 30.5 Å². The molecule has 0 saturated carbocycles. The van der Waals surface area contributed by atoms with E-state index in [0.29, 0.717) is 28.2 Å². The van der Waals surface area contributed by atoms with E-state index in [9.17, 15) is 8.42 Å². The lowest BCUT2D eigenvalue weighted by Crippen LogP contribution is -2.11. The van der Waals surface area contributed by atoms with Gasteiger partial charge in [0.2, 0.25) is 4.34 Å². The normalized spacial score (nSPS) is 11.8. The van der Waals surface area contributed by atoms with Crippen LogP contribution in [-0.4, -0.2) is 28.4 Å². The molecule has 11 heteroatoms. The SMILES string of the molecule is NS(=O)(=O)c1nc2ccc(OCc3cn(Cc4cccc(Br)c4)nn3)cc2s1. The number of fused-ring (bicyclic) bond motifs is 1. The van der Waals surface area contributed by atoms with E-state index in [4.69, 9.17) is 9.88 Å². The van der Waals surface area contributed by atoms with E-state index in [2.05, 4.69) is 31.2 Å². The van der Waals surface area contributed by atoms with Crippen LogP contribution in [0.2, 0.25) is 0 Å². The first-order valence-corrected chi connectivity index (χ1v) is 11.2. The lowest BCUT2D eigenvalue weighted by Gasteiger charge is -2.03. The fraction of sp³-hybridized carbons (Fsp3) is 0.118. The molecule has 0 bridgehead atoms. The van der Waals surface area contributed by atoms with Gasteiger partial charge in [0.25, 0.3) is 10.0 Å². The van der Waals surface area contributed by atoms with Crippen molar-refractivity contribution in [3.8, 4) is 5.75 Å². The van der Waals surface area contributed by atoms with Gasteiger partial charge in [-0.15, -0.1) is 16.4 Å². The van der Waals surface area contributed by atoms with Crippen molar-refractivity contribution in [3.05, 3.63) is 64.4 Å². The summed E-state index contributed by atoms with van der Waals surface area (Å²) >= 11 is 4.46. The van der Waals surface area contributed by atoms with Gasteiger partial charge in [-0.05, 0) is 35.9 Å². The van der Waals surface area contributed by atoms with Gasteiger partial charge in [0.15, 0.2) is 0 Å². The van der Waals surface area contributed by atoms with Crippen LogP contribution in [-0.2, 0) is 23.2 Å². The molecule has 144 valence electrons. The Hall–Kier alpha value is -2.34. The Morgan fingerprint density at radius 1 is 1.21 bits per heavy atom. The molecule has 2 aromatic heterocycles. The Morgan fingerprint density at radius 2 is 2.07 bits per heavy atom. The third-order valence-corrected chi connectivity index (χ3v) is 6.62. The van der Waals surface area contributed by atoms with Crippen molar-refractivity contribution in [2.45, 2.75) is 17.5 Å². The molecule has 4 aromatic rings. The van der Waals surface area contributed by atoms with Gasteiger partial charge in [-0.2, -0.15) is 0 Å². The molecule has 2 aromatic carbocycles. The predicted octanol–water partition coefficient (Wildman–Crippen LogP) is 2.93. The number of halogens is 1. The van der Waals surface area contributed by atoms with Crippen LogP contribution in [0, 0.1) is 0 Å². The van der Waals surface area contributed by atoms with Crippen LogP contribution in [0.5, 0.6) is 5.75 Å². The zero-order chi connectivity index (χ0) is 19.7. The number of thiazole rings is 1. The van der Waals surface area contributed by atoms with Gasteiger partial charge < -0.3 is 4.74 Å². The molecule has 0 radical (unpaired) electrons. The van der Waals surface area contributed by atoms with E-state index in [0.717, 1.165) is 21.4 Å². The summed E-state index contributed by atoms with van der Waals surface area (Å²) in [6.07, 6.45) is 1.82. The number of hydrogen-bond donors (Lipinski definition) is 1. The highest BCUT2D eigenvalue weighted by molar-refractivity contribution is 9.10. The van der Waals surface area contributed by atoms with Crippen molar-refractivity contribution in [3.63, 3.8) is 0 Å². The minimum atomic E-state index is -3.82. The van der Waals surface area contributed by atoms with Crippen LogP contribution >= 0.6 is 27.3 Å². The number of benzene rings is 2. The van der Waals surface area contributed by atoms with Crippen LogP contribution in [0.3, 0.4) is 0 Å². The Balaban J connectivity index is 1.44. The second kappa shape index (κ2) is 7.59. The molecular weight excluding hydrogens is 466 g/mol. The molecule has 0 atom stereocenters. The fourth-order valence-electron chi connectivity index (χ4n) is 2.56. The first-order valence-electron chi connectivity index (χ1n) is 8.06. The van der Waals surface area contributed by atoms with Crippen molar-refractivity contribution in [1.82, 2.24) is 20.0 Å². The maximum absolute atomic E-state index is 11.4. The zero-order valence-corrected chi connectivity index (χ0v) is 17.5. The average Bonchev–Trinajstić information content (AvgIpc) is 3.26. The molecule has 2 heterocycles. The summed E-state index contributed by atoms with van der Waals surface area (Å²) in [6, 6.07) is 13.1. The van der Waals surface area contributed by atoms with Crippen molar-refractivity contribution in [1.29, 1.82) is 0 Å². The van der Waals surface area contributed by atoms with Crippen molar-refractivity contribution < 1.29 is 13.2 Å². The monoisotopic (exact) mass is 479 g/mol. The molecule has 0 saturated heterocycles. The molecule has 0 spiro atoms. The summed E-state index contributed by atoms with van der Waals surface area (Å²) in [5, 5.41) is 13.4. The molecular formula is C17H14BrN5O3S2. The van der Waals surface area contributed by atoms with Gasteiger partial charge in [0.1, 0.15) is 18.1 Å². The molecule has 0 amide bonds. The van der Waals surface area contributed by atoms with Crippen LogP contribution in [0.4, 0.5) is 0 Å². The Labute approximate surface area is 173 Å². The summed E-state index contributed by atoms with van der Waals surface area (Å²) in [7, 11) is -3.82. The number of nitrogens with zero attached hydrogens (tertiary/aromatic N) is 4. The summed E-state index contributed by atoms with van der Waals surface area (Å²) in [6.45, 7) is 0.848. The lowest BCUT2D eigenvalue weighted by molar-refractivity contribution is 0.301. The van der Waals surface area contributed by atoms with E-state index >= 15 is 0 Å². The van der Waals surface area contributed by atoms with Crippen LogP contribution in [0.25, 0.3) is 10.2 Å². The summed E-state index contributed by atoms with van der Waals surface area (Å²) in [5.74, 6) is 0.582. The highest BCUT2D eigenvalue weighted by Crippen LogP contribution is 2.28. The molecule has 0 fully saturated rings. The van der Waals surface area contributed by atoms with Crippen LogP contribution < -0.4 is 9.88 Å². The van der Waals surface area contributed by atoms with E-state index < -0.39 is 10.0 Å². The van der Waals surface area contributed by atoms with Gasteiger partial charge >= 0.3 is 0 Å². The maximum Gasteiger partial charge on any atom is 0.265 e. The topological polar surface area (TPSA) is 113 Å². The lowest BCUT2D eigenvalue weighted by atomic mass is 10.2. The number of rotatable bonds is 6.